The Hall–Kier alpha value is -2.26. The highest BCUT2D eigenvalue weighted by Crippen LogP contribution is 2.23. The van der Waals surface area contributed by atoms with Crippen molar-refractivity contribution in [1.29, 1.82) is 0 Å². The van der Waals surface area contributed by atoms with E-state index in [2.05, 4.69) is 14.9 Å². The number of aromatic nitrogens is 2. The van der Waals surface area contributed by atoms with E-state index >= 15 is 0 Å². The van der Waals surface area contributed by atoms with Crippen LogP contribution in [0.4, 0.5) is 11.5 Å². The van der Waals surface area contributed by atoms with Crippen molar-refractivity contribution in [3.63, 3.8) is 0 Å². The van der Waals surface area contributed by atoms with E-state index < -0.39 is 14.9 Å². The average Bonchev–Trinajstić information content (AvgIpc) is 2.41. The maximum Gasteiger partial charge on any atom is 0.270 e. The second-order valence-corrected chi connectivity index (χ2v) is 6.09. The van der Waals surface area contributed by atoms with Gasteiger partial charge in [-0.15, -0.1) is 10.2 Å². The summed E-state index contributed by atoms with van der Waals surface area (Å²) in [6.07, 6.45) is 0. The molecule has 0 spiro atoms. The average molecular weight is 329 g/mol. The van der Waals surface area contributed by atoms with Crippen molar-refractivity contribution < 1.29 is 13.3 Å². The molecule has 0 saturated heterocycles. The molecule has 10 heteroatoms. The fourth-order valence-electron chi connectivity index (χ4n) is 1.55. The summed E-state index contributed by atoms with van der Waals surface area (Å²) in [4.78, 5) is 9.87. The number of rotatable bonds is 4. The van der Waals surface area contributed by atoms with Crippen LogP contribution in [0, 0.1) is 17.0 Å². The standard InChI is InChI=1S/C11H9ClN4O4S/c1-7-2-3-8(16(17)18)6-9(7)21(19,20)15-11-5-4-10(12)13-14-11/h2-6H,1H3,(H,14,15). The Kier molecular flexibility index (Phi) is 4.05. The van der Waals surface area contributed by atoms with E-state index in [1.807, 2.05) is 0 Å². The molecule has 110 valence electrons. The molecule has 0 amide bonds. The normalized spacial score (nSPS) is 11.1. The van der Waals surface area contributed by atoms with Crippen molar-refractivity contribution in [1.82, 2.24) is 10.2 Å². The third-order valence-corrected chi connectivity index (χ3v) is 4.24. The quantitative estimate of drug-likeness (QED) is 0.679. The highest BCUT2D eigenvalue weighted by atomic mass is 35.5. The molecule has 0 bridgehead atoms. The topological polar surface area (TPSA) is 115 Å². The highest BCUT2D eigenvalue weighted by Gasteiger charge is 2.21. The highest BCUT2D eigenvalue weighted by molar-refractivity contribution is 7.92. The number of halogens is 1. The van der Waals surface area contributed by atoms with Crippen LogP contribution in [0.25, 0.3) is 0 Å². The minimum Gasteiger partial charge on any atom is -0.262 e. The first kappa shape index (κ1) is 15.1. The SMILES string of the molecule is Cc1ccc([N+](=O)[O-])cc1S(=O)(=O)Nc1ccc(Cl)nn1. The smallest absolute Gasteiger partial charge is 0.262 e. The van der Waals surface area contributed by atoms with E-state index in [4.69, 9.17) is 11.6 Å². The van der Waals surface area contributed by atoms with Crippen LogP contribution >= 0.6 is 11.6 Å². The van der Waals surface area contributed by atoms with Crippen LogP contribution in [0.5, 0.6) is 0 Å². The van der Waals surface area contributed by atoms with Gasteiger partial charge in [0.2, 0.25) is 0 Å². The second kappa shape index (κ2) is 5.62. The Morgan fingerprint density at radius 2 is 1.95 bits per heavy atom. The van der Waals surface area contributed by atoms with Gasteiger partial charge in [0.05, 0.1) is 9.82 Å². The minimum atomic E-state index is -4.01. The Morgan fingerprint density at radius 3 is 2.52 bits per heavy atom. The molecule has 0 atom stereocenters. The van der Waals surface area contributed by atoms with Crippen molar-refractivity contribution >= 4 is 33.1 Å². The number of nitrogens with zero attached hydrogens (tertiary/aromatic N) is 3. The molecule has 0 unspecified atom stereocenters. The number of nitro benzene ring substituents is 1. The summed E-state index contributed by atoms with van der Waals surface area (Å²) >= 11 is 5.55. The number of sulfonamides is 1. The molecule has 1 N–H and O–H groups in total. The molecule has 0 aliphatic carbocycles. The van der Waals surface area contributed by atoms with Gasteiger partial charge in [-0.05, 0) is 24.6 Å². The van der Waals surface area contributed by atoms with E-state index in [1.165, 1.54) is 31.2 Å². The van der Waals surface area contributed by atoms with E-state index in [-0.39, 0.29) is 21.6 Å². The van der Waals surface area contributed by atoms with Crippen LogP contribution in [-0.2, 0) is 10.0 Å². The number of hydrogen-bond acceptors (Lipinski definition) is 6. The summed E-state index contributed by atoms with van der Waals surface area (Å²) in [5, 5.41) is 17.9. The fourth-order valence-corrected chi connectivity index (χ4v) is 2.92. The Bertz CT molecular complexity index is 792. The number of anilines is 1. The van der Waals surface area contributed by atoms with Gasteiger partial charge < -0.3 is 0 Å². The molecule has 2 rings (SSSR count). The van der Waals surface area contributed by atoms with Gasteiger partial charge in [0.15, 0.2) is 11.0 Å². The van der Waals surface area contributed by atoms with Crippen LogP contribution < -0.4 is 4.72 Å². The van der Waals surface area contributed by atoms with Crippen LogP contribution in [0.3, 0.4) is 0 Å². The molecule has 21 heavy (non-hydrogen) atoms. The maximum atomic E-state index is 12.2. The zero-order chi connectivity index (χ0) is 15.6. The second-order valence-electron chi connectivity index (χ2n) is 4.05. The minimum absolute atomic E-state index is 0.0368. The van der Waals surface area contributed by atoms with Crippen molar-refractivity contribution in [3.05, 3.63) is 51.2 Å². The van der Waals surface area contributed by atoms with Gasteiger partial charge in [0, 0.05) is 12.1 Å². The first-order valence-corrected chi connectivity index (χ1v) is 7.43. The van der Waals surface area contributed by atoms with Gasteiger partial charge in [-0.2, -0.15) is 0 Å². The molecule has 0 fully saturated rings. The lowest BCUT2D eigenvalue weighted by atomic mass is 10.2. The van der Waals surface area contributed by atoms with E-state index in [9.17, 15) is 18.5 Å². The molecule has 0 radical (unpaired) electrons. The summed E-state index contributed by atoms with van der Waals surface area (Å²) < 4.78 is 26.7. The molecule has 2 aromatic rings. The van der Waals surface area contributed by atoms with Crippen LogP contribution in [0.15, 0.2) is 35.2 Å². The zero-order valence-corrected chi connectivity index (χ0v) is 12.2. The molecule has 1 aromatic heterocycles. The Labute approximate surface area is 125 Å². The number of hydrogen-bond donors (Lipinski definition) is 1. The summed E-state index contributed by atoms with van der Waals surface area (Å²) in [5.74, 6) is -0.0368. The summed E-state index contributed by atoms with van der Waals surface area (Å²) in [7, 11) is -4.01. The largest absolute Gasteiger partial charge is 0.270 e. The van der Waals surface area contributed by atoms with Gasteiger partial charge in [0.25, 0.3) is 15.7 Å². The summed E-state index contributed by atoms with van der Waals surface area (Å²) in [6, 6.07) is 6.28. The van der Waals surface area contributed by atoms with Crippen molar-refractivity contribution in [2.24, 2.45) is 0 Å². The molecule has 1 aromatic carbocycles. The van der Waals surface area contributed by atoms with Crippen LogP contribution in [-0.4, -0.2) is 23.5 Å². The van der Waals surface area contributed by atoms with Crippen molar-refractivity contribution in [3.8, 4) is 0 Å². The molecular weight excluding hydrogens is 320 g/mol. The van der Waals surface area contributed by atoms with E-state index in [0.29, 0.717) is 5.56 Å². The van der Waals surface area contributed by atoms with Gasteiger partial charge >= 0.3 is 0 Å². The Balaban J connectivity index is 2.41. The molecule has 0 aliphatic heterocycles. The maximum absolute atomic E-state index is 12.2. The number of aryl methyl sites for hydroxylation is 1. The van der Waals surface area contributed by atoms with Gasteiger partial charge in [-0.3, -0.25) is 14.8 Å². The predicted octanol–water partition coefficient (Wildman–Crippen LogP) is 2.15. The van der Waals surface area contributed by atoms with E-state index in [0.717, 1.165) is 6.07 Å². The van der Waals surface area contributed by atoms with Crippen LogP contribution in [0.1, 0.15) is 5.56 Å². The van der Waals surface area contributed by atoms with Gasteiger partial charge in [-0.1, -0.05) is 17.7 Å². The third-order valence-electron chi connectivity index (χ3n) is 2.54. The number of nitro groups is 1. The first-order valence-electron chi connectivity index (χ1n) is 5.57. The molecular formula is C11H9ClN4O4S. The summed E-state index contributed by atoms with van der Waals surface area (Å²) in [6.45, 7) is 1.53. The summed E-state index contributed by atoms with van der Waals surface area (Å²) in [5.41, 5.74) is 0.0539. The van der Waals surface area contributed by atoms with Crippen LogP contribution in [0.2, 0.25) is 5.15 Å². The predicted molar refractivity (Wildman–Crippen MR) is 75.7 cm³/mol. The molecule has 8 nitrogen and oxygen atoms in total. The number of non-ortho nitro benzene ring substituents is 1. The number of nitrogens with one attached hydrogen (secondary N) is 1. The van der Waals surface area contributed by atoms with Gasteiger partial charge in [0.1, 0.15) is 0 Å². The first-order chi connectivity index (χ1) is 9.79. The monoisotopic (exact) mass is 328 g/mol. The lowest BCUT2D eigenvalue weighted by Crippen LogP contribution is -2.15. The lowest BCUT2D eigenvalue weighted by molar-refractivity contribution is -0.385. The zero-order valence-electron chi connectivity index (χ0n) is 10.6. The van der Waals surface area contributed by atoms with Gasteiger partial charge in [-0.25, -0.2) is 8.42 Å². The number of benzene rings is 1. The third kappa shape index (κ3) is 3.44. The molecule has 1 heterocycles. The molecule has 0 saturated carbocycles. The Morgan fingerprint density at radius 1 is 1.24 bits per heavy atom. The fraction of sp³-hybridized carbons (Fsp3) is 0.0909. The van der Waals surface area contributed by atoms with Crippen molar-refractivity contribution in [2.45, 2.75) is 11.8 Å². The molecule has 0 aliphatic rings. The van der Waals surface area contributed by atoms with E-state index in [1.54, 1.807) is 0 Å². The van der Waals surface area contributed by atoms with Crippen molar-refractivity contribution in [2.75, 3.05) is 4.72 Å². The lowest BCUT2D eigenvalue weighted by Gasteiger charge is -2.09.